The van der Waals surface area contributed by atoms with Crippen LogP contribution in [0.5, 0.6) is 0 Å². The number of likely N-dealkylation sites (tertiary alicyclic amines) is 1. The second-order valence-electron chi connectivity index (χ2n) is 4.90. The van der Waals surface area contributed by atoms with E-state index in [0.717, 1.165) is 13.1 Å². The van der Waals surface area contributed by atoms with E-state index in [1.54, 1.807) is 0 Å². The average Bonchev–Trinajstić information content (AvgIpc) is 2.16. The van der Waals surface area contributed by atoms with Crippen LogP contribution in [0, 0.1) is 5.41 Å². The molecule has 14 heavy (non-hydrogen) atoms. The fourth-order valence-electron chi connectivity index (χ4n) is 2.91. The van der Waals surface area contributed by atoms with Crippen LogP contribution in [-0.2, 0) is 4.79 Å². The zero-order valence-electron chi connectivity index (χ0n) is 8.96. The molecule has 80 valence electrons. The Morgan fingerprint density at radius 1 is 1.43 bits per heavy atom. The molecule has 1 heterocycles. The SMILES string of the molecule is CCC(=O)N1CCC2(CC1)CC(N)C2. The molecule has 3 heteroatoms. The largest absolute Gasteiger partial charge is 0.343 e. The van der Waals surface area contributed by atoms with Crippen molar-refractivity contribution in [3.8, 4) is 0 Å². The number of nitrogens with two attached hydrogens (primary N) is 1. The van der Waals surface area contributed by atoms with Gasteiger partial charge >= 0.3 is 0 Å². The van der Waals surface area contributed by atoms with Crippen LogP contribution in [0.4, 0.5) is 0 Å². The fourth-order valence-corrected chi connectivity index (χ4v) is 2.91. The van der Waals surface area contributed by atoms with Gasteiger partial charge in [-0.1, -0.05) is 6.92 Å². The highest BCUT2D eigenvalue weighted by atomic mass is 16.2. The first-order valence-corrected chi connectivity index (χ1v) is 5.68. The summed E-state index contributed by atoms with van der Waals surface area (Å²) in [6, 6.07) is 0.434. The molecule has 0 radical (unpaired) electrons. The van der Waals surface area contributed by atoms with E-state index in [9.17, 15) is 4.79 Å². The summed E-state index contributed by atoms with van der Waals surface area (Å²) in [6.45, 7) is 3.85. The predicted octanol–water partition coefficient (Wildman–Crippen LogP) is 1.13. The molecule has 0 bridgehead atoms. The normalized spacial score (nSPS) is 26.3. The quantitative estimate of drug-likeness (QED) is 0.683. The van der Waals surface area contributed by atoms with E-state index in [0.29, 0.717) is 23.8 Å². The maximum atomic E-state index is 11.4. The maximum absolute atomic E-state index is 11.4. The molecule has 2 N–H and O–H groups in total. The lowest BCUT2D eigenvalue weighted by Gasteiger charge is -2.51. The summed E-state index contributed by atoms with van der Waals surface area (Å²) < 4.78 is 0. The van der Waals surface area contributed by atoms with E-state index in [4.69, 9.17) is 5.73 Å². The van der Waals surface area contributed by atoms with Gasteiger partial charge in [-0.15, -0.1) is 0 Å². The number of hydrogen-bond donors (Lipinski definition) is 1. The molecule has 3 nitrogen and oxygen atoms in total. The van der Waals surface area contributed by atoms with Gasteiger partial charge in [0.25, 0.3) is 0 Å². The van der Waals surface area contributed by atoms with Crippen molar-refractivity contribution in [3.63, 3.8) is 0 Å². The summed E-state index contributed by atoms with van der Waals surface area (Å²) in [5.41, 5.74) is 6.34. The molecule has 0 aromatic carbocycles. The molecule has 0 aromatic rings. The van der Waals surface area contributed by atoms with Gasteiger partial charge in [0.1, 0.15) is 0 Å². The van der Waals surface area contributed by atoms with Crippen molar-refractivity contribution in [2.45, 2.75) is 45.1 Å². The Bertz CT molecular complexity index is 223. The minimum atomic E-state index is 0.309. The number of nitrogens with zero attached hydrogens (tertiary/aromatic N) is 1. The van der Waals surface area contributed by atoms with E-state index in [1.807, 2.05) is 11.8 Å². The average molecular weight is 196 g/mol. The van der Waals surface area contributed by atoms with Gasteiger partial charge in [-0.05, 0) is 31.1 Å². The molecular formula is C11H20N2O. The van der Waals surface area contributed by atoms with Gasteiger partial charge in [-0.3, -0.25) is 4.79 Å². The molecule has 1 amide bonds. The van der Waals surface area contributed by atoms with Crippen LogP contribution in [-0.4, -0.2) is 29.9 Å². The van der Waals surface area contributed by atoms with Gasteiger partial charge in [-0.25, -0.2) is 0 Å². The number of rotatable bonds is 1. The third kappa shape index (κ3) is 1.65. The van der Waals surface area contributed by atoms with Crippen molar-refractivity contribution >= 4 is 5.91 Å². The highest BCUT2D eigenvalue weighted by molar-refractivity contribution is 5.75. The summed E-state index contributed by atoms with van der Waals surface area (Å²) in [4.78, 5) is 13.5. The first-order chi connectivity index (χ1) is 6.65. The number of hydrogen-bond acceptors (Lipinski definition) is 2. The second-order valence-corrected chi connectivity index (χ2v) is 4.90. The van der Waals surface area contributed by atoms with Crippen LogP contribution in [0.15, 0.2) is 0 Å². The monoisotopic (exact) mass is 196 g/mol. The van der Waals surface area contributed by atoms with E-state index in [-0.39, 0.29) is 0 Å². The zero-order chi connectivity index (χ0) is 10.2. The van der Waals surface area contributed by atoms with Crippen molar-refractivity contribution in [1.29, 1.82) is 0 Å². The van der Waals surface area contributed by atoms with Crippen molar-refractivity contribution in [3.05, 3.63) is 0 Å². The topological polar surface area (TPSA) is 46.3 Å². The molecule has 1 saturated carbocycles. The Morgan fingerprint density at radius 3 is 2.43 bits per heavy atom. The van der Waals surface area contributed by atoms with Crippen LogP contribution in [0.3, 0.4) is 0 Å². The second kappa shape index (κ2) is 3.54. The zero-order valence-corrected chi connectivity index (χ0v) is 8.96. The van der Waals surface area contributed by atoms with Gasteiger partial charge in [0.15, 0.2) is 0 Å². The van der Waals surface area contributed by atoms with Crippen LogP contribution in [0.2, 0.25) is 0 Å². The Labute approximate surface area is 85.6 Å². The third-order valence-electron chi connectivity index (χ3n) is 3.87. The van der Waals surface area contributed by atoms with E-state index < -0.39 is 0 Å². The highest BCUT2D eigenvalue weighted by Gasteiger charge is 2.44. The third-order valence-corrected chi connectivity index (χ3v) is 3.87. The molecule has 1 aliphatic heterocycles. The van der Waals surface area contributed by atoms with E-state index >= 15 is 0 Å². The van der Waals surface area contributed by atoms with Crippen molar-refractivity contribution in [1.82, 2.24) is 4.90 Å². The molecule has 0 aromatic heterocycles. The molecule has 1 spiro atoms. The minimum Gasteiger partial charge on any atom is -0.343 e. The van der Waals surface area contributed by atoms with Crippen molar-refractivity contribution in [2.24, 2.45) is 11.1 Å². The van der Waals surface area contributed by atoms with Gasteiger partial charge in [0, 0.05) is 25.6 Å². The van der Waals surface area contributed by atoms with Crippen LogP contribution >= 0.6 is 0 Å². The highest BCUT2D eigenvalue weighted by Crippen LogP contribution is 2.48. The standard InChI is InChI=1S/C11H20N2O/c1-2-10(14)13-5-3-11(4-6-13)7-9(12)8-11/h9H,2-8,12H2,1H3. The Morgan fingerprint density at radius 2 is 2.00 bits per heavy atom. The minimum absolute atomic E-state index is 0.309. The maximum Gasteiger partial charge on any atom is 0.222 e. The Hall–Kier alpha value is -0.570. The summed E-state index contributed by atoms with van der Waals surface area (Å²) in [6.07, 6.45) is 5.35. The van der Waals surface area contributed by atoms with Gasteiger partial charge in [0.05, 0.1) is 0 Å². The predicted molar refractivity (Wildman–Crippen MR) is 55.7 cm³/mol. The van der Waals surface area contributed by atoms with Gasteiger partial charge in [0.2, 0.25) is 5.91 Å². The molecule has 1 saturated heterocycles. The first kappa shape index (κ1) is 9.97. The number of piperidine rings is 1. The summed E-state index contributed by atoms with van der Waals surface area (Å²) in [5, 5.41) is 0. The summed E-state index contributed by atoms with van der Waals surface area (Å²) in [5.74, 6) is 0.309. The molecule has 0 unspecified atom stereocenters. The fraction of sp³-hybridized carbons (Fsp3) is 0.909. The smallest absolute Gasteiger partial charge is 0.222 e. The van der Waals surface area contributed by atoms with E-state index in [2.05, 4.69) is 0 Å². The van der Waals surface area contributed by atoms with E-state index in [1.165, 1.54) is 25.7 Å². The summed E-state index contributed by atoms with van der Waals surface area (Å²) in [7, 11) is 0. The van der Waals surface area contributed by atoms with Crippen LogP contribution < -0.4 is 5.73 Å². The lowest BCUT2D eigenvalue weighted by Crippen LogP contribution is -2.52. The number of amides is 1. The molecular weight excluding hydrogens is 176 g/mol. The molecule has 0 atom stereocenters. The Balaban J connectivity index is 1.84. The Kier molecular flexibility index (Phi) is 2.52. The first-order valence-electron chi connectivity index (χ1n) is 5.68. The number of carbonyl (C=O) groups excluding carboxylic acids is 1. The molecule has 2 rings (SSSR count). The van der Waals surface area contributed by atoms with Crippen LogP contribution in [0.1, 0.15) is 39.0 Å². The summed E-state index contributed by atoms with van der Waals surface area (Å²) >= 11 is 0. The number of carbonyl (C=O) groups is 1. The molecule has 2 aliphatic rings. The van der Waals surface area contributed by atoms with Gasteiger partial charge < -0.3 is 10.6 Å². The lowest BCUT2D eigenvalue weighted by molar-refractivity contribution is -0.134. The van der Waals surface area contributed by atoms with Gasteiger partial charge in [-0.2, -0.15) is 0 Å². The lowest BCUT2D eigenvalue weighted by atomic mass is 9.61. The van der Waals surface area contributed by atoms with Crippen LogP contribution in [0.25, 0.3) is 0 Å². The molecule has 2 fully saturated rings. The van der Waals surface area contributed by atoms with Crippen molar-refractivity contribution in [2.75, 3.05) is 13.1 Å². The van der Waals surface area contributed by atoms with Crippen molar-refractivity contribution < 1.29 is 4.79 Å². The molecule has 1 aliphatic carbocycles.